The maximum atomic E-state index is 9.75. The summed E-state index contributed by atoms with van der Waals surface area (Å²) in [5, 5.41) is 9.75. The Balaban J connectivity index is 2.07. The molecule has 4 heteroatoms. The zero-order chi connectivity index (χ0) is 9.80. The summed E-state index contributed by atoms with van der Waals surface area (Å²) in [7, 11) is 0. The van der Waals surface area contributed by atoms with Crippen LogP contribution in [-0.2, 0) is 6.42 Å². The molecule has 0 spiro atoms. The zero-order valence-corrected chi connectivity index (χ0v) is 7.50. The summed E-state index contributed by atoms with van der Waals surface area (Å²) in [5.74, 6) is 0.751. The third-order valence-corrected chi connectivity index (χ3v) is 1.94. The number of aliphatic hydroxyl groups excluding tert-OH is 1. The maximum absolute atomic E-state index is 9.75. The number of rotatable bonds is 3. The highest BCUT2D eigenvalue weighted by Gasteiger charge is 2.10. The van der Waals surface area contributed by atoms with E-state index in [4.69, 9.17) is 4.42 Å². The van der Waals surface area contributed by atoms with Crippen molar-refractivity contribution in [2.75, 3.05) is 0 Å². The second-order valence-corrected chi connectivity index (χ2v) is 2.97. The van der Waals surface area contributed by atoms with Crippen molar-refractivity contribution in [3.63, 3.8) is 0 Å². The van der Waals surface area contributed by atoms with Crippen LogP contribution < -0.4 is 0 Å². The average Bonchev–Trinajstić information content (AvgIpc) is 2.72. The summed E-state index contributed by atoms with van der Waals surface area (Å²) >= 11 is 0. The van der Waals surface area contributed by atoms with Gasteiger partial charge in [-0.15, -0.1) is 0 Å². The largest absolute Gasteiger partial charge is 0.469 e. The smallest absolute Gasteiger partial charge is 0.115 e. The molecule has 2 aromatic rings. The summed E-state index contributed by atoms with van der Waals surface area (Å²) in [4.78, 5) is 7.67. The lowest BCUT2D eigenvalue weighted by Crippen LogP contribution is -2.01. The SMILES string of the molecule is OC(Cc1ccco1)c1cncnc1. The Morgan fingerprint density at radius 3 is 2.79 bits per heavy atom. The Bertz CT molecular complexity index is 372. The summed E-state index contributed by atoms with van der Waals surface area (Å²) in [6.07, 6.45) is 6.05. The third kappa shape index (κ3) is 1.97. The molecule has 2 rings (SSSR count). The minimum Gasteiger partial charge on any atom is -0.469 e. The second-order valence-electron chi connectivity index (χ2n) is 2.97. The van der Waals surface area contributed by atoms with E-state index in [1.807, 2.05) is 6.07 Å². The summed E-state index contributed by atoms with van der Waals surface area (Å²) in [6.45, 7) is 0. The van der Waals surface area contributed by atoms with Gasteiger partial charge in [-0.3, -0.25) is 0 Å². The van der Waals surface area contributed by atoms with E-state index in [1.54, 1.807) is 24.7 Å². The molecular weight excluding hydrogens is 180 g/mol. The van der Waals surface area contributed by atoms with Gasteiger partial charge in [0.2, 0.25) is 0 Å². The van der Waals surface area contributed by atoms with Gasteiger partial charge in [0.25, 0.3) is 0 Å². The van der Waals surface area contributed by atoms with Gasteiger partial charge in [0.05, 0.1) is 12.4 Å². The van der Waals surface area contributed by atoms with Crippen molar-refractivity contribution in [2.45, 2.75) is 12.5 Å². The molecule has 1 N–H and O–H groups in total. The van der Waals surface area contributed by atoms with Crippen LogP contribution in [0.2, 0.25) is 0 Å². The molecule has 0 aromatic carbocycles. The molecule has 0 aliphatic carbocycles. The van der Waals surface area contributed by atoms with E-state index in [0.29, 0.717) is 12.0 Å². The van der Waals surface area contributed by atoms with Gasteiger partial charge in [0.1, 0.15) is 12.1 Å². The predicted molar refractivity (Wildman–Crippen MR) is 49.4 cm³/mol. The number of furan rings is 1. The van der Waals surface area contributed by atoms with Crippen LogP contribution in [0.3, 0.4) is 0 Å². The highest BCUT2D eigenvalue weighted by molar-refractivity contribution is 5.10. The number of aliphatic hydroxyl groups is 1. The van der Waals surface area contributed by atoms with E-state index in [-0.39, 0.29) is 0 Å². The van der Waals surface area contributed by atoms with Crippen LogP contribution >= 0.6 is 0 Å². The van der Waals surface area contributed by atoms with Crippen LogP contribution in [0.25, 0.3) is 0 Å². The van der Waals surface area contributed by atoms with Gasteiger partial charge in [-0.1, -0.05) is 0 Å². The normalized spacial score (nSPS) is 12.6. The van der Waals surface area contributed by atoms with Gasteiger partial charge in [-0.05, 0) is 12.1 Å². The molecule has 2 aromatic heterocycles. The van der Waals surface area contributed by atoms with Crippen molar-refractivity contribution in [1.29, 1.82) is 0 Å². The Labute approximate surface area is 81.2 Å². The molecule has 0 amide bonds. The lowest BCUT2D eigenvalue weighted by molar-refractivity contribution is 0.169. The Hall–Kier alpha value is -1.68. The molecule has 0 fully saturated rings. The first-order valence-electron chi connectivity index (χ1n) is 4.31. The number of hydrogen-bond acceptors (Lipinski definition) is 4. The first-order chi connectivity index (χ1) is 6.86. The van der Waals surface area contributed by atoms with Crippen molar-refractivity contribution < 1.29 is 9.52 Å². The molecule has 4 nitrogen and oxygen atoms in total. The summed E-state index contributed by atoms with van der Waals surface area (Å²) < 4.78 is 5.12. The molecule has 0 saturated heterocycles. The highest BCUT2D eigenvalue weighted by atomic mass is 16.3. The standard InChI is InChI=1S/C10H10N2O2/c13-10(4-9-2-1-3-14-9)8-5-11-7-12-6-8/h1-3,5-7,10,13H,4H2. The summed E-state index contributed by atoms with van der Waals surface area (Å²) in [5.41, 5.74) is 0.698. The third-order valence-electron chi connectivity index (χ3n) is 1.94. The molecule has 1 atom stereocenters. The zero-order valence-electron chi connectivity index (χ0n) is 7.50. The van der Waals surface area contributed by atoms with E-state index in [1.165, 1.54) is 6.33 Å². The van der Waals surface area contributed by atoms with Crippen LogP contribution in [-0.4, -0.2) is 15.1 Å². The highest BCUT2D eigenvalue weighted by Crippen LogP contribution is 2.16. The van der Waals surface area contributed by atoms with Gasteiger partial charge in [0.15, 0.2) is 0 Å². The number of hydrogen-bond donors (Lipinski definition) is 1. The summed E-state index contributed by atoms with van der Waals surface area (Å²) in [6, 6.07) is 3.62. The van der Waals surface area contributed by atoms with Crippen LogP contribution in [0.15, 0.2) is 41.5 Å². The molecule has 0 bridgehead atoms. The average molecular weight is 190 g/mol. The molecule has 0 saturated carbocycles. The van der Waals surface area contributed by atoms with Crippen LogP contribution in [0.4, 0.5) is 0 Å². The van der Waals surface area contributed by atoms with Crippen LogP contribution in [0.5, 0.6) is 0 Å². The van der Waals surface area contributed by atoms with Gasteiger partial charge in [-0.2, -0.15) is 0 Å². The van der Waals surface area contributed by atoms with E-state index in [2.05, 4.69) is 9.97 Å². The molecule has 72 valence electrons. The van der Waals surface area contributed by atoms with E-state index >= 15 is 0 Å². The molecule has 0 aliphatic rings. The Morgan fingerprint density at radius 1 is 1.36 bits per heavy atom. The Morgan fingerprint density at radius 2 is 2.14 bits per heavy atom. The number of aromatic nitrogens is 2. The van der Waals surface area contributed by atoms with Gasteiger partial charge < -0.3 is 9.52 Å². The van der Waals surface area contributed by atoms with Crippen LogP contribution in [0.1, 0.15) is 17.4 Å². The maximum Gasteiger partial charge on any atom is 0.115 e. The quantitative estimate of drug-likeness (QED) is 0.793. The predicted octanol–water partition coefficient (Wildman–Crippen LogP) is 1.35. The van der Waals surface area contributed by atoms with Gasteiger partial charge in [-0.25, -0.2) is 9.97 Å². The molecule has 0 radical (unpaired) electrons. The molecule has 0 aliphatic heterocycles. The monoisotopic (exact) mass is 190 g/mol. The fraction of sp³-hybridized carbons (Fsp3) is 0.200. The fourth-order valence-corrected chi connectivity index (χ4v) is 1.22. The first kappa shape index (κ1) is 8.90. The lowest BCUT2D eigenvalue weighted by atomic mass is 10.1. The van der Waals surface area contributed by atoms with Crippen molar-refractivity contribution in [3.05, 3.63) is 48.4 Å². The minimum atomic E-state index is -0.609. The van der Waals surface area contributed by atoms with Crippen LogP contribution in [0, 0.1) is 0 Å². The molecule has 14 heavy (non-hydrogen) atoms. The van der Waals surface area contributed by atoms with Crippen molar-refractivity contribution >= 4 is 0 Å². The van der Waals surface area contributed by atoms with Crippen molar-refractivity contribution in [1.82, 2.24) is 9.97 Å². The van der Waals surface area contributed by atoms with E-state index < -0.39 is 6.10 Å². The molecule has 2 heterocycles. The van der Waals surface area contributed by atoms with E-state index in [0.717, 1.165) is 5.76 Å². The molecular formula is C10H10N2O2. The van der Waals surface area contributed by atoms with E-state index in [9.17, 15) is 5.11 Å². The Kier molecular flexibility index (Phi) is 2.55. The number of nitrogens with zero attached hydrogens (tertiary/aromatic N) is 2. The topological polar surface area (TPSA) is 59.2 Å². The molecule has 1 unspecified atom stereocenters. The van der Waals surface area contributed by atoms with Gasteiger partial charge in [0, 0.05) is 24.4 Å². The second kappa shape index (κ2) is 4.02. The van der Waals surface area contributed by atoms with Crippen molar-refractivity contribution in [3.8, 4) is 0 Å². The van der Waals surface area contributed by atoms with Gasteiger partial charge >= 0.3 is 0 Å². The lowest BCUT2D eigenvalue weighted by Gasteiger charge is -2.07. The first-order valence-corrected chi connectivity index (χ1v) is 4.31. The minimum absolute atomic E-state index is 0.445. The fourth-order valence-electron chi connectivity index (χ4n) is 1.22. The van der Waals surface area contributed by atoms with Crippen molar-refractivity contribution in [2.24, 2.45) is 0 Å².